The van der Waals surface area contributed by atoms with Gasteiger partial charge < -0.3 is 5.11 Å². The third-order valence-electron chi connectivity index (χ3n) is 0.709. The third kappa shape index (κ3) is 8.33. The summed E-state index contributed by atoms with van der Waals surface area (Å²) in [5.74, 6) is -1.04. The molecule has 0 aliphatic carbocycles. The molecule has 0 aromatic rings. The minimum Gasteiger partial charge on any atom is -0.478 e. The fraction of sp³-hybridized carbons (Fsp3) is 0.222. The molecular weight excluding hydrogens is 140 g/mol. The van der Waals surface area contributed by atoms with Crippen LogP contribution in [0.3, 0.4) is 0 Å². The summed E-state index contributed by atoms with van der Waals surface area (Å²) in [4.78, 5) is 9.87. The van der Waals surface area contributed by atoms with Gasteiger partial charge in [-0.2, -0.15) is 0 Å². The Morgan fingerprint density at radius 1 is 1.45 bits per heavy atom. The van der Waals surface area contributed by atoms with Crippen LogP contribution in [0.5, 0.6) is 0 Å². The van der Waals surface area contributed by atoms with E-state index in [0.717, 1.165) is 12.5 Å². The maximum absolute atomic E-state index is 9.87. The van der Waals surface area contributed by atoms with Gasteiger partial charge >= 0.3 is 5.97 Å². The van der Waals surface area contributed by atoms with Crippen molar-refractivity contribution in [2.75, 3.05) is 0 Å². The summed E-state index contributed by atoms with van der Waals surface area (Å²) < 4.78 is 0. The van der Waals surface area contributed by atoms with Crippen LogP contribution in [0, 0.1) is 0 Å². The minimum absolute atomic E-state index is 0.862. The first-order valence-corrected chi connectivity index (χ1v) is 3.16. The Bertz CT molecular complexity index is 288. The standard InChI is InChI=1S/C9H8O2/c1-2-3-4-5-6-7-8-9(10)11/h3,8H,2H2,1H3,(H,10,11). The van der Waals surface area contributed by atoms with Crippen LogP contribution in [-0.2, 0) is 4.79 Å². The zero-order chi connectivity index (χ0) is 8.53. The first-order chi connectivity index (χ1) is 5.27. The van der Waals surface area contributed by atoms with E-state index >= 15 is 0 Å². The van der Waals surface area contributed by atoms with Crippen molar-refractivity contribution in [2.24, 2.45) is 0 Å². The van der Waals surface area contributed by atoms with Crippen LogP contribution in [0.1, 0.15) is 13.3 Å². The molecule has 0 aliphatic rings. The van der Waals surface area contributed by atoms with Crippen LogP contribution in [0.25, 0.3) is 0 Å². The van der Waals surface area contributed by atoms with Crippen LogP contribution < -0.4 is 0 Å². The molecule has 0 saturated carbocycles. The van der Waals surface area contributed by atoms with Gasteiger partial charge in [-0.05, 0) is 24.0 Å². The molecule has 0 unspecified atom stereocenters. The average molecular weight is 148 g/mol. The predicted molar refractivity (Wildman–Crippen MR) is 41.1 cm³/mol. The highest BCUT2D eigenvalue weighted by Gasteiger charge is 1.77. The van der Waals surface area contributed by atoms with Gasteiger partial charge in [0.05, 0.1) is 6.08 Å². The zero-order valence-corrected chi connectivity index (χ0v) is 6.22. The van der Waals surface area contributed by atoms with Crippen LogP contribution in [0.2, 0.25) is 0 Å². The largest absolute Gasteiger partial charge is 0.478 e. The van der Waals surface area contributed by atoms with Crippen molar-refractivity contribution in [1.82, 2.24) is 0 Å². The summed E-state index contributed by atoms with van der Waals surface area (Å²) in [5, 5.41) is 8.10. The molecule has 0 amide bonds. The first-order valence-electron chi connectivity index (χ1n) is 3.16. The van der Waals surface area contributed by atoms with Crippen molar-refractivity contribution >= 4 is 5.97 Å². The van der Waals surface area contributed by atoms with E-state index in [1.54, 1.807) is 6.08 Å². The second-order valence-electron chi connectivity index (χ2n) is 1.63. The molecule has 2 nitrogen and oxygen atoms in total. The van der Waals surface area contributed by atoms with Crippen LogP contribution in [0.15, 0.2) is 35.1 Å². The highest BCUT2D eigenvalue weighted by Crippen LogP contribution is 1.71. The van der Waals surface area contributed by atoms with E-state index in [1.807, 2.05) is 6.92 Å². The molecule has 0 radical (unpaired) electrons. The molecule has 0 saturated heterocycles. The Hall–Kier alpha value is -1.67. The summed E-state index contributed by atoms with van der Waals surface area (Å²) in [6.45, 7) is 1.96. The molecule has 0 aromatic carbocycles. The molecule has 0 atom stereocenters. The molecule has 0 aliphatic heterocycles. The number of hydrogen-bond donors (Lipinski definition) is 1. The minimum atomic E-state index is -1.04. The fourth-order valence-electron chi connectivity index (χ4n) is 0.323. The Balaban J connectivity index is 4.45. The lowest BCUT2D eigenvalue weighted by Crippen LogP contribution is -1.82. The highest BCUT2D eigenvalue weighted by molar-refractivity contribution is 5.79. The number of hydrogen-bond acceptors (Lipinski definition) is 1. The van der Waals surface area contributed by atoms with E-state index in [9.17, 15) is 4.79 Å². The normalized spacial score (nSPS) is 6.27. The Morgan fingerprint density at radius 3 is 2.64 bits per heavy atom. The maximum atomic E-state index is 9.87. The molecule has 0 aromatic heterocycles. The van der Waals surface area contributed by atoms with Crippen molar-refractivity contribution in [2.45, 2.75) is 13.3 Å². The van der Waals surface area contributed by atoms with E-state index in [1.165, 1.54) is 0 Å². The van der Waals surface area contributed by atoms with Gasteiger partial charge in [-0.3, -0.25) is 0 Å². The van der Waals surface area contributed by atoms with Crippen LogP contribution >= 0.6 is 0 Å². The number of allylic oxidation sites excluding steroid dienone is 1. The van der Waals surface area contributed by atoms with Crippen molar-refractivity contribution in [1.29, 1.82) is 0 Å². The monoisotopic (exact) mass is 148 g/mol. The van der Waals surface area contributed by atoms with E-state index in [4.69, 9.17) is 5.11 Å². The van der Waals surface area contributed by atoms with Crippen molar-refractivity contribution in [3.05, 3.63) is 35.1 Å². The Morgan fingerprint density at radius 2 is 2.09 bits per heavy atom. The van der Waals surface area contributed by atoms with Crippen molar-refractivity contribution in [3.8, 4) is 0 Å². The number of rotatable bonds is 2. The van der Waals surface area contributed by atoms with Gasteiger partial charge in [0.25, 0.3) is 0 Å². The summed E-state index contributed by atoms with van der Waals surface area (Å²) >= 11 is 0. The van der Waals surface area contributed by atoms with E-state index in [0.29, 0.717) is 0 Å². The first kappa shape index (κ1) is 9.33. The van der Waals surface area contributed by atoms with E-state index < -0.39 is 5.97 Å². The lowest BCUT2D eigenvalue weighted by atomic mass is 10.5. The second-order valence-corrected chi connectivity index (χ2v) is 1.63. The maximum Gasteiger partial charge on any atom is 0.336 e. The predicted octanol–water partition coefficient (Wildman–Crippen LogP) is 1.66. The van der Waals surface area contributed by atoms with Gasteiger partial charge in [-0.15, -0.1) is 0 Å². The number of carboxylic acid groups (broad SMARTS) is 1. The summed E-state index contributed by atoms with van der Waals surface area (Å²) in [5.41, 5.74) is 9.78. The summed E-state index contributed by atoms with van der Waals surface area (Å²) in [6.07, 6.45) is 3.49. The smallest absolute Gasteiger partial charge is 0.336 e. The van der Waals surface area contributed by atoms with Gasteiger partial charge in [0.15, 0.2) is 0 Å². The van der Waals surface area contributed by atoms with Crippen molar-refractivity contribution in [3.63, 3.8) is 0 Å². The molecule has 11 heavy (non-hydrogen) atoms. The fourth-order valence-corrected chi connectivity index (χ4v) is 0.323. The third-order valence-corrected chi connectivity index (χ3v) is 0.709. The van der Waals surface area contributed by atoms with Gasteiger partial charge in [0.1, 0.15) is 0 Å². The van der Waals surface area contributed by atoms with Gasteiger partial charge in [0.2, 0.25) is 0 Å². The van der Waals surface area contributed by atoms with Crippen molar-refractivity contribution < 1.29 is 9.90 Å². The Kier molecular flexibility index (Phi) is 5.47. The number of carbonyl (C=O) groups is 1. The van der Waals surface area contributed by atoms with E-state index in [-0.39, 0.29) is 0 Å². The van der Waals surface area contributed by atoms with Crippen LogP contribution in [0.4, 0.5) is 0 Å². The highest BCUT2D eigenvalue weighted by atomic mass is 16.4. The van der Waals surface area contributed by atoms with Gasteiger partial charge in [-0.25, -0.2) is 4.79 Å². The topological polar surface area (TPSA) is 37.3 Å². The zero-order valence-electron chi connectivity index (χ0n) is 6.22. The molecule has 0 rings (SSSR count). The molecule has 0 spiro atoms. The quantitative estimate of drug-likeness (QED) is 0.477. The van der Waals surface area contributed by atoms with Crippen LogP contribution in [-0.4, -0.2) is 11.1 Å². The average Bonchev–Trinajstić information content (AvgIpc) is 1.96. The number of carboxylic acids is 1. The van der Waals surface area contributed by atoms with Gasteiger partial charge in [-0.1, -0.05) is 18.4 Å². The number of aliphatic carboxylic acids is 1. The van der Waals surface area contributed by atoms with E-state index in [2.05, 4.69) is 22.9 Å². The lowest BCUT2D eigenvalue weighted by Gasteiger charge is -1.65. The Labute approximate surface area is 65.2 Å². The SMILES string of the molecule is CCC=C=C=C=C=CC(=O)O. The molecule has 0 heterocycles. The summed E-state index contributed by atoms with van der Waals surface area (Å²) in [7, 11) is 0. The molecule has 0 bridgehead atoms. The van der Waals surface area contributed by atoms with Gasteiger partial charge in [0, 0.05) is 0 Å². The second kappa shape index (κ2) is 6.45. The molecule has 2 heteroatoms. The molecule has 56 valence electrons. The summed E-state index contributed by atoms with van der Waals surface area (Å²) in [6, 6.07) is 0. The lowest BCUT2D eigenvalue weighted by molar-refractivity contribution is -0.131. The molecular formula is C9H8O2. The molecule has 1 N–H and O–H groups in total. The molecule has 0 fully saturated rings.